The van der Waals surface area contributed by atoms with Crippen LogP contribution in [0.15, 0.2) is 18.2 Å². The number of hydrogen-bond donors (Lipinski definition) is 1. The first-order valence-corrected chi connectivity index (χ1v) is 5.40. The number of methoxy groups -OCH3 is 1. The second kappa shape index (κ2) is 5.29. The van der Waals surface area contributed by atoms with Crippen molar-refractivity contribution >= 4 is 0 Å². The van der Waals surface area contributed by atoms with Crippen LogP contribution in [0.5, 0.6) is 0 Å². The monoisotopic (exact) mass is 207 g/mol. The maximum atomic E-state index is 5.39. The van der Waals surface area contributed by atoms with E-state index in [4.69, 9.17) is 4.74 Å². The molecule has 1 unspecified atom stereocenters. The van der Waals surface area contributed by atoms with E-state index in [1.165, 1.54) is 16.7 Å². The van der Waals surface area contributed by atoms with Gasteiger partial charge in [-0.25, -0.2) is 0 Å². The first kappa shape index (κ1) is 12.2. The van der Waals surface area contributed by atoms with Crippen LogP contribution < -0.4 is 5.32 Å². The largest absolute Gasteiger partial charge is 0.362 e. The minimum Gasteiger partial charge on any atom is -0.362 e. The smallest absolute Gasteiger partial charge is 0.133 e. The summed E-state index contributed by atoms with van der Waals surface area (Å²) >= 11 is 0. The lowest BCUT2D eigenvalue weighted by Gasteiger charge is -2.19. The maximum absolute atomic E-state index is 5.39. The zero-order chi connectivity index (χ0) is 11.4. The Bertz CT molecular complexity index is 316. The van der Waals surface area contributed by atoms with Crippen LogP contribution in [0.25, 0.3) is 0 Å². The Labute approximate surface area is 92.6 Å². The fourth-order valence-electron chi connectivity index (χ4n) is 1.70. The van der Waals surface area contributed by atoms with Crippen LogP contribution in [0, 0.1) is 6.92 Å². The summed E-state index contributed by atoms with van der Waals surface area (Å²) < 4.78 is 5.39. The molecule has 0 saturated carbocycles. The van der Waals surface area contributed by atoms with Crippen molar-refractivity contribution in [1.82, 2.24) is 5.32 Å². The number of nitrogens with one attached hydrogen (secondary N) is 1. The molecule has 0 bridgehead atoms. The molecule has 84 valence electrons. The molecule has 0 aliphatic carbocycles. The molecule has 2 heteroatoms. The maximum Gasteiger partial charge on any atom is 0.133 e. The van der Waals surface area contributed by atoms with Crippen molar-refractivity contribution in [3.05, 3.63) is 34.9 Å². The summed E-state index contributed by atoms with van der Waals surface area (Å²) in [5.74, 6) is 0.554. The quantitative estimate of drug-likeness (QED) is 0.766. The molecule has 1 rings (SSSR count). The first-order chi connectivity index (χ1) is 7.10. The molecule has 2 nitrogen and oxygen atoms in total. The zero-order valence-electron chi connectivity index (χ0n) is 10.3. The molecule has 0 spiro atoms. The Hall–Kier alpha value is -0.860. The van der Waals surface area contributed by atoms with E-state index in [-0.39, 0.29) is 6.23 Å². The van der Waals surface area contributed by atoms with Gasteiger partial charge in [0.05, 0.1) is 0 Å². The van der Waals surface area contributed by atoms with Crippen LogP contribution in [0.3, 0.4) is 0 Å². The second-order valence-corrected chi connectivity index (χ2v) is 4.18. The standard InChI is InChI=1S/C13H21NO/c1-9(2)11-7-6-10(3)12(8-11)13(14-4)15-5/h6-9,13-14H,1-5H3. The average Bonchev–Trinajstić information content (AvgIpc) is 2.22. The highest BCUT2D eigenvalue weighted by Crippen LogP contribution is 2.23. The Morgan fingerprint density at radius 2 is 1.93 bits per heavy atom. The summed E-state index contributed by atoms with van der Waals surface area (Å²) in [7, 11) is 3.64. The Balaban J connectivity index is 3.09. The normalized spacial score (nSPS) is 13.2. The molecule has 1 N–H and O–H groups in total. The Kier molecular flexibility index (Phi) is 4.30. The lowest BCUT2D eigenvalue weighted by atomic mass is 9.97. The van der Waals surface area contributed by atoms with Gasteiger partial charge in [-0.1, -0.05) is 32.0 Å². The lowest BCUT2D eigenvalue weighted by molar-refractivity contribution is 0.0803. The van der Waals surface area contributed by atoms with Gasteiger partial charge in [-0.15, -0.1) is 0 Å². The van der Waals surface area contributed by atoms with Gasteiger partial charge >= 0.3 is 0 Å². The summed E-state index contributed by atoms with van der Waals surface area (Å²) in [4.78, 5) is 0. The predicted octanol–water partition coefficient (Wildman–Crippen LogP) is 2.98. The van der Waals surface area contributed by atoms with Gasteiger partial charge in [0.25, 0.3) is 0 Å². The second-order valence-electron chi connectivity index (χ2n) is 4.18. The van der Waals surface area contributed by atoms with E-state index in [2.05, 4.69) is 44.3 Å². The Morgan fingerprint density at radius 3 is 2.40 bits per heavy atom. The summed E-state index contributed by atoms with van der Waals surface area (Å²) in [6.07, 6.45) is -0.0105. The average molecular weight is 207 g/mol. The molecular weight excluding hydrogens is 186 g/mol. The highest BCUT2D eigenvalue weighted by molar-refractivity contribution is 5.34. The highest BCUT2D eigenvalue weighted by Gasteiger charge is 2.11. The van der Waals surface area contributed by atoms with E-state index >= 15 is 0 Å². The van der Waals surface area contributed by atoms with Crippen molar-refractivity contribution in [3.63, 3.8) is 0 Å². The molecule has 1 atom stereocenters. The van der Waals surface area contributed by atoms with E-state index in [0.29, 0.717) is 5.92 Å². The molecule has 0 saturated heterocycles. The number of hydrogen-bond acceptors (Lipinski definition) is 2. The lowest BCUT2D eigenvalue weighted by Crippen LogP contribution is -2.19. The SMILES string of the molecule is CNC(OC)c1cc(C(C)C)ccc1C. The number of aryl methyl sites for hydroxylation is 1. The minimum atomic E-state index is -0.0105. The third-order valence-electron chi connectivity index (χ3n) is 2.75. The van der Waals surface area contributed by atoms with Crippen molar-refractivity contribution in [2.24, 2.45) is 0 Å². The first-order valence-electron chi connectivity index (χ1n) is 5.40. The molecule has 0 aliphatic rings. The van der Waals surface area contributed by atoms with Crippen molar-refractivity contribution in [1.29, 1.82) is 0 Å². The minimum absolute atomic E-state index is 0.0105. The molecule has 0 radical (unpaired) electrons. The van der Waals surface area contributed by atoms with Crippen LogP contribution in [0.1, 0.15) is 42.7 Å². The van der Waals surface area contributed by atoms with Gasteiger partial charge in [0.2, 0.25) is 0 Å². The molecule has 1 aromatic carbocycles. The van der Waals surface area contributed by atoms with Crippen molar-refractivity contribution < 1.29 is 4.74 Å². The zero-order valence-corrected chi connectivity index (χ0v) is 10.3. The Morgan fingerprint density at radius 1 is 1.27 bits per heavy atom. The van der Waals surface area contributed by atoms with Gasteiger partial charge in [0.1, 0.15) is 6.23 Å². The molecule has 15 heavy (non-hydrogen) atoms. The van der Waals surface area contributed by atoms with Gasteiger partial charge in [-0.05, 0) is 36.6 Å². The molecule has 1 aromatic rings. The van der Waals surface area contributed by atoms with Crippen molar-refractivity contribution in [3.8, 4) is 0 Å². The van der Waals surface area contributed by atoms with E-state index in [1.807, 2.05) is 7.05 Å². The van der Waals surface area contributed by atoms with E-state index in [0.717, 1.165) is 0 Å². The van der Waals surface area contributed by atoms with Gasteiger partial charge < -0.3 is 4.74 Å². The van der Waals surface area contributed by atoms with Crippen molar-refractivity contribution in [2.75, 3.05) is 14.2 Å². The molecule has 0 amide bonds. The fraction of sp³-hybridized carbons (Fsp3) is 0.538. The molecule has 0 fully saturated rings. The van der Waals surface area contributed by atoms with Crippen molar-refractivity contribution in [2.45, 2.75) is 32.9 Å². The highest BCUT2D eigenvalue weighted by atomic mass is 16.5. The summed E-state index contributed by atoms with van der Waals surface area (Å²) in [6, 6.07) is 6.57. The van der Waals surface area contributed by atoms with E-state index < -0.39 is 0 Å². The molecule has 0 heterocycles. The third kappa shape index (κ3) is 2.80. The van der Waals surface area contributed by atoms with Gasteiger partial charge in [0, 0.05) is 7.11 Å². The third-order valence-corrected chi connectivity index (χ3v) is 2.75. The summed E-state index contributed by atoms with van der Waals surface area (Å²) in [5, 5.41) is 3.15. The number of rotatable bonds is 4. The summed E-state index contributed by atoms with van der Waals surface area (Å²) in [6.45, 7) is 6.52. The topological polar surface area (TPSA) is 21.3 Å². The summed E-state index contributed by atoms with van der Waals surface area (Å²) in [5.41, 5.74) is 3.85. The fourth-order valence-corrected chi connectivity index (χ4v) is 1.70. The van der Waals surface area contributed by atoms with Crippen LogP contribution in [-0.2, 0) is 4.74 Å². The number of ether oxygens (including phenoxy) is 1. The van der Waals surface area contributed by atoms with Crippen LogP contribution >= 0.6 is 0 Å². The van der Waals surface area contributed by atoms with E-state index in [1.54, 1.807) is 7.11 Å². The van der Waals surface area contributed by atoms with Crippen LogP contribution in [0.2, 0.25) is 0 Å². The van der Waals surface area contributed by atoms with E-state index in [9.17, 15) is 0 Å². The molecule has 0 aromatic heterocycles. The van der Waals surface area contributed by atoms with Crippen LogP contribution in [-0.4, -0.2) is 14.2 Å². The molecule has 0 aliphatic heterocycles. The van der Waals surface area contributed by atoms with Gasteiger partial charge in [0.15, 0.2) is 0 Å². The molecular formula is C13H21NO. The van der Waals surface area contributed by atoms with Gasteiger partial charge in [-0.2, -0.15) is 0 Å². The predicted molar refractivity (Wildman–Crippen MR) is 64.1 cm³/mol. The van der Waals surface area contributed by atoms with Crippen LogP contribution in [0.4, 0.5) is 0 Å². The van der Waals surface area contributed by atoms with Gasteiger partial charge in [-0.3, -0.25) is 5.32 Å². The number of benzene rings is 1.